The van der Waals surface area contributed by atoms with Crippen molar-refractivity contribution in [3.63, 3.8) is 0 Å². The lowest BCUT2D eigenvalue weighted by Crippen LogP contribution is -2.28. The van der Waals surface area contributed by atoms with E-state index in [1.54, 1.807) is 0 Å². The number of amides is 1. The number of fused-ring (bicyclic) bond motifs is 2. The van der Waals surface area contributed by atoms with Crippen LogP contribution in [-0.4, -0.2) is 26.1 Å². The molecular weight excluding hydrogens is 302 g/mol. The average molecular weight is 323 g/mol. The summed E-state index contributed by atoms with van der Waals surface area (Å²) in [5, 5.41) is 10.3. The molecule has 24 heavy (non-hydrogen) atoms. The van der Waals surface area contributed by atoms with Crippen LogP contribution in [0.3, 0.4) is 0 Å². The average Bonchev–Trinajstić information content (AvgIpc) is 3.12. The van der Waals surface area contributed by atoms with Gasteiger partial charge in [-0.05, 0) is 44.7 Å². The van der Waals surface area contributed by atoms with Crippen LogP contribution in [0.15, 0.2) is 24.3 Å². The Bertz CT molecular complexity index is 846. The van der Waals surface area contributed by atoms with E-state index < -0.39 is 0 Å². The van der Waals surface area contributed by atoms with Crippen molar-refractivity contribution in [2.75, 3.05) is 0 Å². The van der Waals surface area contributed by atoms with Crippen LogP contribution in [0.25, 0.3) is 11.0 Å². The molecule has 1 aliphatic rings. The van der Waals surface area contributed by atoms with E-state index in [2.05, 4.69) is 25.5 Å². The number of carbonyl (C=O) groups is 1. The van der Waals surface area contributed by atoms with Crippen LogP contribution >= 0.6 is 0 Å². The van der Waals surface area contributed by atoms with Gasteiger partial charge in [0.1, 0.15) is 5.82 Å². The molecule has 6 nitrogen and oxygen atoms in total. The molecule has 0 bridgehead atoms. The summed E-state index contributed by atoms with van der Waals surface area (Å²) in [6.45, 7) is 1.93. The molecule has 3 aromatic rings. The van der Waals surface area contributed by atoms with Crippen LogP contribution in [0.5, 0.6) is 0 Å². The number of nitrogens with zero attached hydrogens (tertiary/aromatic N) is 2. The largest absolute Gasteiger partial charge is 0.341 e. The zero-order chi connectivity index (χ0) is 16.5. The van der Waals surface area contributed by atoms with Gasteiger partial charge in [-0.3, -0.25) is 9.89 Å². The Hall–Kier alpha value is -2.63. The molecule has 0 saturated heterocycles. The maximum Gasteiger partial charge on any atom is 0.272 e. The van der Waals surface area contributed by atoms with Gasteiger partial charge in [0.05, 0.1) is 17.1 Å². The van der Waals surface area contributed by atoms with Gasteiger partial charge in [-0.25, -0.2) is 4.98 Å². The highest BCUT2D eigenvalue weighted by atomic mass is 16.2. The summed E-state index contributed by atoms with van der Waals surface area (Å²) >= 11 is 0. The fourth-order valence-corrected chi connectivity index (χ4v) is 3.36. The van der Waals surface area contributed by atoms with E-state index in [1.807, 2.05) is 31.2 Å². The maximum absolute atomic E-state index is 12.7. The van der Waals surface area contributed by atoms with Crippen LogP contribution in [0.4, 0.5) is 0 Å². The van der Waals surface area contributed by atoms with Crippen molar-refractivity contribution in [1.82, 2.24) is 25.5 Å². The van der Waals surface area contributed by atoms with E-state index in [-0.39, 0.29) is 11.9 Å². The Kier molecular flexibility index (Phi) is 3.80. The Morgan fingerprint density at radius 1 is 1.21 bits per heavy atom. The van der Waals surface area contributed by atoms with Gasteiger partial charge in [0.25, 0.3) is 5.91 Å². The molecule has 6 heteroatoms. The molecular formula is C18H21N5O. The number of nitrogens with one attached hydrogen (secondary N) is 3. The molecule has 2 heterocycles. The quantitative estimate of drug-likeness (QED) is 0.647. The summed E-state index contributed by atoms with van der Waals surface area (Å²) < 4.78 is 0. The molecule has 3 N–H and O–H groups in total. The third-order valence-electron chi connectivity index (χ3n) is 4.69. The number of hydrogen-bond acceptors (Lipinski definition) is 3. The maximum atomic E-state index is 12.7. The summed E-state index contributed by atoms with van der Waals surface area (Å²) in [5.41, 5.74) is 4.62. The highest BCUT2D eigenvalue weighted by Gasteiger charge is 2.23. The van der Waals surface area contributed by atoms with Gasteiger partial charge in [0.15, 0.2) is 5.69 Å². The summed E-state index contributed by atoms with van der Waals surface area (Å²) in [7, 11) is 0. The molecule has 1 aliphatic carbocycles. The Morgan fingerprint density at radius 3 is 2.92 bits per heavy atom. The number of aryl methyl sites for hydroxylation is 1. The van der Waals surface area contributed by atoms with Crippen LogP contribution in [0.2, 0.25) is 0 Å². The van der Waals surface area contributed by atoms with Gasteiger partial charge in [0.2, 0.25) is 0 Å². The molecule has 1 aromatic carbocycles. The number of imidazole rings is 1. The minimum Gasteiger partial charge on any atom is -0.341 e. The summed E-state index contributed by atoms with van der Waals surface area (Å²) in [6.07, 6.45) is 5.39. The van der Waals surface area contributed by atoms with Crippen LogP contribution in [0, 0.1) is 0 Å². The summed E-state index contributed by atoms with van der Waals surface area (Å²) in [4.78, 5) is 20.5. The van der Waals surface area contributed by atoms with Crippen molar-refractivity contribution in [3.05, 3.63) is 47.0 Å². The molecule has 1 atom stereocenters. The van der Waals surface area contributed by atoms with Gasteiger partial charge in [-0.15, -0.1) is 0 Å². The Labute approximate surface area is 140 Å². The minimum atomic E-state index is -0.206. The number of aromatic amines is 2. The first-order valence-electron chi connectivity index (χ1n) is 8.54. The van der Waals surface area contributed by atoms with Gasteiger partial charge in [-0.1, -0.05) is 18.6 Å². The SMILES string of the molecule is C[C@@H](NC(=O)c1n[nH]c2c1CCCCC2)c1nc2ccccc2[nH]1. The molecule has 0 fully saturated rings. The van der Waals surface area contributed by atoms with E-state index in [9.17, 15) is 4.79 Å². The normalized spacial score (nSPS) is 15.7. The second-order valence-corrected chi connectivity index (χ2v) is 6.42. The first kappa shape index (κ1) is 14.9. The topological polar surface area (TPSA) is 86.5 Å². The Balaban J connectivity index is 1.54. The number of hydrogen-bond donors (Lipinski definition) is 3. The Morgan fingerprint density at radius 2 is 2.04 bits per heavy atom. The molecule has 0 aliphatic heterocycles. The molecule has 0 unspecified atom stereocenters. The van der Waals surface area contributed by atoms with Gasteiger partial charge >= 0.3 is 0 Å². The van der Waals surface area contributed by atoms with Crippen molar-refractivity contribution < 1.29 is 4.79 Å². The predicted molar refractivity (Wildman–Crippen MR) is 91.8 cm³/mol. The number of H-pyrrole nitrogens is 2. The molecule has 124 valence electrons. The monoisotopic (exact) mass is 323 g/mol. The first-order chi connectivity index (χ1) is 11.7. The van der Waals surface area contributed by atoms with Crippen molar-refractivity contribution in [1.29, 1.82) is 0 Å². The van der Waals surface area contributed by atoms with Crippen molar-refractivity contribution in [2.45, 2.75) is 45.1 Å². The highest BCUT2D eigenvalue weighted by Crippen LogP contribution is 2.22. The number of rotatable bonds is 3. The van der Waals surface area contributed by atoms with Crippen molar-refractivity contribution in [2.24, 2.45) is 0 Å². The van der Waals surface area contributed by atoms with Crippen molar-refractivity contribution >= 4 is 16.9 Å². The number of para-hydroxylation sites is 2. The minimum absolute atomic E-state index is 0.137. The highest BCUT2D eigenvalue weighted by molar-refractivity contribution is 5.94. The van der Waals surface area contributed by atoms with Crippen LogP contribution in [-0.2, 0) is 12.8 Å². The van der Waals surface area contributed by atoms with Gasteiger partial charge in [-0.2, -0.15) is 5.10 Å². The van der Waals surface area contributed by atoms with E-state index in [0.29, 0.717) is 5.69 Å². The van der Waals surface area contributed by atoms with E-state index in [0.717, 1.165) is 53.8 Å². The summed E-state index contributed by atoms with van der Waals surface area (Å²) in [6, 6.07) is 7.65. The second-order valence-electron chi connectivity index (χ2n) is 6.42. The lowest BCUT2D eigenvalue weighted by molar-refractivity contribution is 0.0932. The fraction of sp³-hybridized carbons (Fsp3) is 0.389. The molecule has 4 rings (SSSR count). The molecule has 2 aromatic heterocycles. The second kappa shape index (κ2) is 6.11. The predicted octanol–water partition coefficient (Wildman–Crippen LogP) is 3.05. The third-order valence-corrected chi connectivity index (χ3v) is 4.69. The number of aromatic nitrogens is 4. The van der Waals surface area contributed by atoms with E-state index >= 15 is 0 Å². The smallest absolute Gasteiger partial charge is 0.272 e. The zero-order valence-electron chi connectivity index (χ0n) is 13.7. The number of benzene rings is 1. The number of carbonyl (C=O) groups excluding carboxylic acids is 1. The molecule has 0 saturated carbocycles. The summed E-state index contributed by atoms with van der Waals surface area (Å²) in [5.74, 6) is 0.619. The van der Waals surface area contributed by atoms with E-state index in [1.165, 1.54) is 6.42 Å². The lowest BCUT2D eigenvalue weighted by atomic mass is 10.1. The molecule has 1 amide bonds. The van der Waals surface area contributed by atoms with Crippen molar-refractivity contribution in [3.8, 4) is 0 Å². The zero-order valence-corrected chi connectivity index (χ0v) is 13.7. The van der Waals surface area contributed by atoms with Crippen LogP contribution < -0.4 is 5.32 Å². The first-order valence-corrected chi connectivity index (χ1v) is 8.54. The standard InChI is InChI=1S/C18H21N5O/c1-11(17-20-14-9-5-6-10-15(14)21-17)19-18(24)16-12-7-3-2-4-8-13(12)22-23-16/h5-6,9-11H,2-4,7-8H2,1H3,(H,19,24)(H,20,21)(H,22,23)/t11-/m1/s1. The van der Waals surface area contributed by atoms with Gasteiger partial charge in [0, 0.05) is 11.3 Å². The fourth-order valence-electron chi connectivity index (χ4n) is 3.36. The third kappa shape index (κ3) is 2.68. The molecule has 0 spiro atoms. The van der Waals surface area contributed by atoms with Crippen LogP contribution in [0.1, 0.15) is 59.8 Å². The van der Waals surface area contributed by atoms with Gasteiger partial charge < -0.3 is 10.3 Å². The molecule has 0 radical (unpaired) electrons. The lowest BCUT2D eigenvalue weighted by Gasteiger charge is -2.11. The van der Waals surface area contributed by atoms with E-state index in [4.69, 9.17) is 0 Å².